The van der Waals surface area contributed by atoms with E-state index in [-0.39, 0.29) is 6.04 Å². The van der Waals surface area contributed by atoms with Gasteiger partial charge in [-0.2, -0.15) is 0 Å². The second-order valence-electron chi connectivity index (χ2n) is 1.82. The fraction of sp³-hybridized carbons (Fsp3) is 0.667. The van der Waals surface area contributed by atoms with Gasteiger partial charge in [0, 0.05) is 6.42 Å². The molecule has 1 aliphatic carbocycles. The van der Waals surface area contributed by atoms with E-state index in [1.807, 2.05) is 0 Å². The molecule has 0 spiro atoms. The minimum atomic E-state index is 0.175. The van der Waals surface area contributed by atoms with Crippen LogP contribution in [0.5, 0.6) is 0 Å². The van der Waals surface area contributed by atoms with Gasteiger partial charge in [0.1, 0.15) is 0 Å². The molecule has 0 heterocycles. The topological polar surface area (TPSA) is 26.0 Å². The average molecular weight is 95.1 g/mol. The van der Waals surface area contributed by atoms with Crippen LogP contribution in [0.3, 0.4) is 0 Å². The van der Waals surface area contributed by atoms with Crippen molar-refractivity contribution >= 4 is 0 Å². The first-order valence-corrected chi connectivity index (χ1v) is 2.63. The zero-order chi connectivity index (χ0) is 5.11. The van der Waals surface area contributed by atoms with Crippen LogP contribution in [0, 0.1) is 11.8 Å². The molecule has 0 bridgehead atoms. The van der Waals surface area contributed by atoms with Crippen LogP contribution in [0.4, 0.5) is 0 Å². The second kappa shape index (κ2) is 1.99. The molecule has 1 atom stereocenters. The fourth-order valence-corrected chi connectivity index (χ4v) is 0.686. The van der Waals surface area contributed by atoms with Crippen LogP contribution in [-0.2, 0) is 0 Å². The maximum absolute atomic E-state index is 5.46. The molecule has 1 unspecified atom stereocenters. The zero-order valence-corrected chi connectivity index (χ0v) is 4.28. The third-order valence-corrected chi connectivity index (χ3v) is 1.10. The van der Waals surface area contributed by atoms with Crippen molar-refractivity contribution in [2.24, 2.45) is 5.73 Å². The van der Waals surface area contributed by atoms with Crippen LogP contribution >= 0.6 is 0 Å². The van der Waals surface area contributed by atoms with Crippen molar-refractivity contribution in [3.05, 3.63) is 0 Å². The molecular weight excluding hydrogens is 86.1 g/mol. The monoisotopic (exact) mass is 95.1 g/mol. The minimum absolute atomic E-state index is 0.175. The van der Waals surface area contributed by atoms with Gasteiger partial charge in [-0.1, -0.05) is 5.92 Å². The first kappa shape index (κ1) is 4.67. The molecule has 1 nitrogen and oxygen atoms in total. The number of hydrogen-bond donors (Lipinski definition) is 1. The molecule has 0 saturated heterocycles. The Morgan fingerprint density at radius 2 is 2.43 bits per heavy atom. The molecule has 1 rings (SSSR count). The molecule has 0 amide bonds. The Balaban J connectivity index is 2.45. The predicted octanol–water partition coefficient (Wildman–Crippen LogP) is 0.501. The van der Waals surface area contributed by atoms with Gasteiger partial charge in [-0.15, -0.1) is 5.92 Å². The first-order chi connectivity index (χ1) is 3.39. The van der Waals surface area contributed by atoms with Gasteiger partial charge in [-0.25, -0.2) is 0 Å². The summed E-state index contributed by atoms with van der Waals surface area (Å²) in [6.45, 7) is 0. The van der Waals surface area contributed by atoms with Crippen molar-refractivity contribution in [1.29, 1.82) is 0 Å². The summed E-state index contributed by atoms with van der Waals surface area (Å²) in [6, 6.07) is 0.175. The van der Waals surface area contributed by atoms with E-state index in [9.17, 15) is 0 Å². The standard InChI is InChI=1S/C6H9N/c7-6-4-2-1-3-5-6/h6H,1-2,4,7H2. The normalized spacial score (nSPS) is 28.4. The SMILES string of the molecule is NC1C#CCCC1. The van der Waals surface area contributed by atoms with E-state index < -0.39 is 0 Å². The highest BCUT2D eigenvalue weighted by Gasteiger charge is 1.98. The smallest absolute Gasteiger partial charge is 0.0664 e. The lowest BCUT2D eigenvalue weighted by Gasteiger charge is -2.04. The highest BCUT2D eigenvalue weighted by atomic mass is 14.6. The molecular formula is C6H9N. The van der Waals surface area contributed by atoms with Crippen molar-refractivity contribution in [2.45, 2.75) is 25.3 Å². The largest absolute Gasteiger partial charge is 0.318 e. The predicted molar refractivity (Wildman–Crippen MR) is 29.6 cm³/mol. The molecule has 0 aromatic carbocycles. The summed E-state index contributed by atoms with van der Waals surface area (Å²) in [5.41, 5.74) is 5.46. The molecule has 38 valence electrons. The molecule has 0 aliphatic heterocycles. The van der Waals surface area contributed by atoms with Crippen molar-refractivity contribution < 1.29 is 0 Å². The van der Waals surface area contributed by atoms with Crippen molar-refractivity contribution in [3.8, 4) is 11.8 Å². The lowest BCUT2D eigenvalue weighted by atomic mass is 10.1. The Morgan fingerprint density at radius 1 is 1.57 bits per heavy atom. The molecule has 0 fully saturated rings. The average Bonchev–Trinajstić information content (AvgIpc) is 1.69. The second-order valence-corrected chi connectivity index (χ2v) is 1.82. The van der Waals surface area contributed by atoms with Crippen molar-refractivity contribution in [2.75, 3.05) is 0 Å². The van der Waals surface area contributed by atoms with Gasteiger partial charge in [-0.3, -0.25) is 0 Å². The quantitative estimate of drug-likeness (QED) is 0.436. The maximum Gasteiger partial charge on any atom is 0.0664 e. The van der Waals surface area contributed by atoms with E-state index in [1.54, 1.807) is 0 Å². The third-order valence-electron chi connectivity index (χ3n) is 1.10. The number of rotatable bonds is 0. The Kier molecular flexibility index (Phi) is 1.33. The molecule has 0 aromatic heterocycles. The molecule has 0 radical (unpaired) electrons. The number of nitrogens with two attached hydrogens (primary N) is 1. The summed E-state index contributed by atoms with van der Waals surface area (Å²) < 4.78 is 0. The van der Waals surface area contributed by atoms with Gasteiger partial charge in [0.15, 0.2) is 0 Å². The Morgan fingerprint density at radius 3 is 2.71 bits per heavy atom. The lowest BCUT2D eigenvalue weighted by molar-refractivity contribution is 0.676. The van der Waals surface area contributed by atoms with E-state index in [0.717, 1.165) is 12.8 Å². The Hall–Kier alpha value is -0.480. The number of hydrogen-bond acceptors (Lipinski definition) is 1. The Labute approximate surface area is 43.9 Å². The van der Waals surface area contributed by atoms with E-state index in [0.29, 0.717) is 0 Å². The summed E-state index contributed by atoms with van der Waals surface area (Å²) in [4.78, 5) is 0. The maximum atomic E-state index is 5.46. The van der Waals surface area contributed by atoms with Gasteiger partial charge in [-0.05, 0) is 12.8 Å². The van der Waals surface area contributed by atoms with Crippen LogP contribution in [0.2, 0.25) is 0 Å². The zero-order valence-electron chi connectivity index (χ0n) is 4.28. The Bertz CT molecular complexity index is 107. The third kappa shape index (κ3) is 1.21. The molecule has 2 N–H and O–H groups in total. The molecule has 0 aromatic rings. The van der Waals surface area contributed by atoms with E-state index >= 15 is 0 Å². The molecule has 1 heteroatoms. The molecule has 7 heavy (non-hydrogen) atoms. The first-order valence-electron chi connectivity index (χ1n) is 2.63. The van der Waals surface area contributed by atoms with Crippen LogP contribution in [0.25, 0.3) is 0 Å². The molecule has 0 saturated carbocycles. The highest BCUT2D eigenvalue weighted by molar-refractivity contribution is 5.09. The van der Waals surface area contributed by atoms with Crippen LogP contribution in [0.15, 0.2) is 0 Å². The van der Waals surface area contributed by atoms with Crippen LogP contribution in [0.1, 0.15) is 19.3 Å². The highest BCUT2D eigenvalue weighted by Crippen LogP contribution is 2.01. The molecule has 1 aliphatic rings. The summed E-state index contributed by atoms with van der Waals surface area (Å²) >= 11 is 0. The van der Waals surface area contributed by atoms with Gasteiger partial charge >= 0.3 is 0 Å². The van der Waals surface area contributed by atoms with Crippen molar-refractivity contribution in [1.82, 2.24) is 0 Å². The summed E-state index contributed by atoms with van der Waals surface area (Å²) in [7, 11) is 0. The van der Waals surface area contributed by atoms with Crippen molar-refractivity contribution in [3.63, 3.8) is 0 Å². The minimum Gasteiger partial charge on any atom is -0.318 e. The van der Waals surface area contributed by atoms with Crippen LogP contribution in [-0.4, -0.2) is 6.04 Å². The van der Waals surface area contributed by atoms with Gasteiger partial charge in [0.2, 0.25) is 0 Å². The van der Waals surface area contributed by atoms with Gasteiger partial charge in [0.25, 0.3) is 0 Å². The lowest BCUT2D eigenvalue weighted by Crippen LogP contribution is -2.18. The fourth-order valence-electron chi connectivity index (χ4n) is 0.686. The van der Waals surface area contributed by atoms with Gasteiger partial charge in [0.05, 0.1) is 6.04 Å². The summed E-state index contributed by atoms with van der Waals surface area (Å²) in [6.07, 6.45) is 3.33. The van der Waals surface area contributed by atoms with E-state index in [2.05, 4.69) is 11.8 Å². The summed E-state index contributed by atoms with van der Waals surface area (Å²) in [5.74, 6) is 5.87. The van der Waals surface area contributed by atoms with E-state index in [1.165, 1.54) is 6.42 Å². The van der Waals surface area contributed by atoms with Crippen LogP contribution < -0.4 is 5.73 Å². The van der Waals surface area contributed by atoms with Gasteiger partial charge < -0.3 is 5.73 Å². The van der Waals surface area contributed by atoms with E-state index in [4.69, 9.17) is 5.73 Å². The summed E-state index contributed by atoms with van der Waals surface area (Å²) in [5, 5.41) is 0.